The van der Waals surface area contributed by atoms with Gasteiger partial charge in [0, 0.05) is 49.0 Å². The van der Waals surface area contributed by atoms with E-state index in [0.717, 1.165) is 104 Å². The van der Waals surface area contributed by atoms with Gasteiger partial charge in [0.05, 0.1) is 26.4 Å². The van der Waals surface area contributed by atoms with Gasteiger partial charge in [-0.3, -0.25) is 19.8 Å². The van der Waals surface area contributed by atoms with Crippen molar-refractivity contribution < 1.29 is 9.47 Å². The number of aryl methyl sites for hydroxylation is 4. The topological polar surface area (TPSA) is 50.7 Å². The number of rotatable bonds is 11. The molecule has 0 saturated carbocycles. The zero-order valence-electron chi connectivity index (χ0n) is 19.4. The molecule has 0 aromatic carbocycles. The van der Waals surface area contributed by atoms with Crippen LogP contribution in [0.4, 0.5) is 0 Å². The van der Waals surface area contributed by atoms with E-state index in [2.05, 4.69) is 46.2 Å². The Labute approximate surface area is 193 Å². The molecule has 4 heterocycles. The van der Waals surface area contributed by atoms with Crippen LogP contribution in [0.5, 0.6) is 0 Å². The Bertz CT molecular complexity index is 736. The minimum Gasteiger partial charge on any atom is -0.379 e. The fourth-order valence-corrected chi connectivity index (χ4v) is 4.49. The largest absolute Gasteiger partial charge is 0.379 e. The maximum absolute atomic E-state index is 5.43. The zero-order valence-corrected chi connectivity index (χ0v) is 19.4. The first-order chi connectivity index (χ1) is 15.8. The van der Waals surface area contributed by atoms with Crippen LogP contribution in [0.2, 0.25) is 0 Å². The maximum atomic E-state index is 5.43. The van der Waals surface area contributed by atoms with E-state index < -0.39 is 0 Å². The lowest BCUT2D eigenvalue weighted by atomic mass is 10.1. The molecule has 2 aliphatic heterocycles. The van der Waals surface area contributed by atoms with Crippen molar-refractivity contribution in [2.45, 2.75) is 38.5 Å². The third kappa shape index (κ3) is 7.93. The van der Waals surface area contributed by atoms with Crippen LogP contribution in [0, 0.1) is 0 Å². The number of hydrogen-bond acceptors (Lipinski definition) is 6. The second-order valence-electron chi connectivity index (χ2n) is 8.86. The minimum absolute atomic E-state index is 0.872. The third-order valence-corrected chi connectivity index (χ3v) is 6.39. The molecule has 6 heteroatoms. The normalized spacial score (nSPS) is 18.1. The van der Waals surface area contributed by atoms with Gasteiger partial charge in [0.1, 0.15) is 0 Å². The van der Waals surface area contributed by atoms with Gasteiger partial charge in [-0.15, -0.1) is 0 Å². The molecule has 0 amide bonds. The Kier molecular flexibility index (Phi) is 9.46. The Morgan fingerprint density at radius 1 is 0.562 bits per heavy atom. The molecule has 4 rings (SSSR count). The lowest BCUT2D eigenvalue weighted by Crippen LogP contribution is -2.36. The quantitative estimate of drug-likeness (QED) is 0.538. The van der Waals surface area contributed by atoms with Crippen molar-refractivity contribution in [3.63, 3.8) is 0 Å². The molecular formula is C26H38N4O2. The van der Waals surface area contributed by atoms with Crippen molar-refractivity contribution in [1.82, 2.24) is 19.8 Å². The Morgan fingerprint density at radius 2 is 0.938 bits per heavy atom. The predicted octanol–water partition coefficient (Wildman–Crippen LogP) is 2.79. The summed E-state index contributed by atoms with van der Waals surface area (Å²) in [6.07, 6.45) is 6.29. The summed E-state index contributed by atoms with van der Waals surface area (Å²) in [6.45, 7) is 10.0. The molecule has 174 valence electrons. The highest BCUT2D eigenvalue weighted by Gasteiger charge is 2.11. The van der Waals surface area contributed by atoms with Gasteiger partial charge in [0.15, 0.2) is 0 Å². The van der Waals surface area contributed by atoms with Gasteiger partial charge < -0.3 is 9.47 Å². The number of pyridine rings is 2. The summed E-state index contributed by atoms with van der Waals surface area (Å²) in [6, 6.07) is 12.9. The van der Waals surface area contributed by atoms with E-state index in [4.69, 9.17) is 19.4 Å². The first kappa shape index (κ1) is 23.3. The van der Waals surface area contributed by atoms with E-state index in [9.17, 15) is 0 Å². The van der Waals surface area contributed by atoms with Gasteiger partial charge in [-0.1, -0.05) is 12.1 Å². The van der Waals surface area contributed by atoms with Gasteiger partial charge in [-0.2, -0.15) is 0 Å². The fourth-order valence-electron chi connectivity index (χ4n) is 4.49. The first-order valence-corrected chi connectivity index (χ1v) is 12.3. The summed E-state index contributed by atoms with van der Waals surface area (Å²) in [5.74, 6) is 0. The lowest BCUT2D eigenvalue weighted by Gasteiger charge is -2.26. The maximum Gasteiger partial charge on any atom is 0.0594 e. The number of hydrogen-bond donors (Lipinski definition) is 0. The van der Waals surface area contributed by atoms with E-state index in [-0.39, 0.29) is 0 Å². The fraction of sp³-hybridized carbons (Fsp3) is 0.615. The van der Waals surface area contributed by atoms with Crippen molar-refractivity contribution in [3.8, 4) is 0 Å². The molecule has 2 saturated heterocycles. The SMILES string of the molecule is c1cc(CCCN2CCOCC2)nc(CCc2cccc(CCCN3CCOCC3)n2)c1. The van der Waals surface area contributed by atoms with Gasteiger partial charge >= 0.3 is 0 Å². The van der Waals surface area contributed by atoms with Crippen LogP contribution >= 0.6 is 0 Å². The summed E-state index contributed by atoms with van der Waals surface area (Å²) < 4.78 is 10.9. The molecule has 0 bridgehead atoms. The number of aromatic nitrogens is 2. The van der Waals surface area contributed by atoms with Crippen molar-refractivity contribution >= 4 is 0 Å². The molecule has 2 aromatic rings. The van der Waals surface area contributed by atoms with Crippen LogP contribution in [0.15, 0.2) is 36.4 Å². The second-order valence-corrected chi connectivity index (χ2v) is 8.86. The third-order valence-electron chi connectivity index (χ3n) is 6.39. The van der Waals surface area contributed by atoms with E-state index in [1.54, 1.807) is 0 Å². The van der Waals surface area contributed by atoms with Crippen molar-refractivity contribution in [2.24, 2.45) is 0 Å². The van der Waals surface area contributed by atoms with E-state index in [0.29, 0.717) is 0 Å². The van der Waals surface area contributed by atoms with Crippen LogP contribution in [0.3, 0.4) is 0 Å². The van der Waals surface area contributed by atoms with Crippen LogP contribution in [-0.4, -0.2) is 85.5 Å². The van der Waals surface area contributed by atoms with Crippen LogP contribution in [0.25, 0.3) is 0 Å². The molecule has 2 aromatic heterocycles. The van der Waals surface area contributed by atoms with Gasteiger partial charge in [-0.25, -0.2) is 0 Å². The highest BCUT2D eigenvalue weighted by atomic mass is 16.5. The predicted molar refractivity (Wildman–Crippen MR) is 127 cm³/mol. The molecule has 0 spiro atoms. The summed E-state index contributed by atoms with van der Waals surface area (Å²) in [4.78, 5) is 14.8. The van der Waals surface area contributed by atoms with Gasteiger partial charge in [-0.05, 0) is 75.9 Å². The van der Waals surface area contributed by atoms with Gasteiger partial charge in [0.2, 0.25) is 0 Å². The summed E-state index contributed by atoms with van der Waals surface area (Å²) in [5, 5.41) is 0. The van der Waals surface area contributed by atoms with Crippen LogP contribution in [0.1, 0.15) is 35.6 Å². The molecule has 0 unspecified atom stereocenters. The van der Waals surface area contributed by atoms with Crippen LogP contribution < -0.4 is 0 Å². The summed E-state index contributed by atoms with van der Waals surface area (Å²) >= 11 is 0. The molecule has 0 N–H and O–H groups in total. The van der Waals surface area contributed by atoms with Crippen LogP contribution in [-0.2, 0) is 35.2 Å². The standard InChI is InChI=1S/C26H38N4O2/c1-5-23(9-3-13-29-15-19-31-20-16-29)27-25(7-1)11-12-26-8-2-6-24(28-26)10-4-14-30-17-21-32-22-18-30/h1-2,5-8H,3-4,9-22H2. The molecule has 6 nitrogen and oxygen atoms in total. The van der Waals surface area contributed by atoms with Gasteiger partial charge in [0.25, 0.3) is 0 Å². The second kappa shape index (κ2) is 13.0. The monoisotopic (exact) mass is 438 g/mol. The Morgan fingerprint density at radius 3 is 1.34 bits per heavy atom. The summed E-state index contributed by atoms with van der Waals surface area (Å²) in [7, 11) is 0. The summed E-state index contributed by atoms with van der Waals surface area (Å²) in [5.41, 5.74) is 4.77. The molecular weight excluding hydrogens is 400 g/mol. The molecule has 0 aliphatic carbocycles. The smallest absolute Gasteiger partial charge is 0.0594 e. The zero-order chi connectivity index (χ0) is 21.8. The van der Waals surface area contributed by atoms with E-state index >= 15 is 0 Å². The molecule has 0 radical (unpaired) electrons. The van der Waals surface area contributed by atoms with E-state index in [1.165, 1.54) is 22.8 Å². The molecule has 2 fully saturated rings. The molecule has 0 atom stereocenters. The number of ether oxygens (including phenoxy) is 2. The molecule has 32 heavy (non-hydrogen) atoms. The average Bonchev–Trinajstić information content (AvgIpc) is 2.85. The first-order valence-electron chi connectivity index (χ1n) is 12.3. The highest BCUT2D eigenvalue weighted by Crippen LogP contribution is 2.10. The Hall–Kier alpha value is -1.86. The average molecular weight is 439 g/mol. The molecule has 2 aliphatic rings. The lowest BCUT2D eigenvalue weighted by molar-refractivity contribution is 0.0374. The minimum atomic E-state index is 0.872. The van der Waals surface area contributed by atoms with Crippen molar-refractivity contribution in [1.29, 1.82) is 0 Å². The number of nitrogens with zero attached hydrogens (tertiary/aromatic N) is 4. The van der Waals surface area contributed by atoms with Crippen molar-refractivity contribution in [3.05, 3.63) is 59.2 Å². The number of morpholine rings is 2. The highest BCUT2D eigenvalue weighted by molar-refractivity contribution is 5.15. The van der Waals surface area contributed by atoms with Crippen molar-refractivity contribution in [2.75, 3.05) is 65.7 Å². The Balaban J connectivity index is 1.19. The van der Waals surface area contributed by atoms with E-state index in [1.807, 2.05) is 0 Å².